The summed E-state index contributed by atoms with van der Waals surface area (Å²) in [6.07, 6.45) is 4.59. The molecule has 4 rings (SSSR count). The number of hydrazone groups is 1. The Kier molecular flexibility index (Phi) is 4.45. The first-order valence-electron chi connectivity index (χ1n) is 8.24. The SMILES string of the molecule is O=C1/C(=C\c2ccco2)N=C(c2ccccc2)N1/N=C\c1ccc(F)cc1. The minimum absolute atomic E-state index is 0.222. The first-order chi connectivity index (χ1) is 13.2. The highest BCUT2D eigenvalue weighted by Gasteiger charge is 2.31. The second-order valence-electron chi connectivity index (χ2n) is 5.76. The predicted octanol–water partition coefficient (Wildman–Crippen LogP) is 4.08. The molecule has 1 aliphatic heterocycles. The molecule has 5 nitrogen and oxygen atoms in total. The van der Waals surface area contributed by atoms with Gasteiger partial charge in [-0.05, 0) is 29.8 Å². The zero-order valence-electron chi connectivity index (χ0n) is 14.1. The summed E-state index contributed by atoms with van der Waals surface area (Å²) < 4.78 is 18.3. The Balaban J connectivity index is 1.71. The van der Waals surface area contributed by atoms with E-state index in [2.05, 4.69) is 10.1 Å². The maximum Gasteiger partial charge on any atom is 0.298 e. The average Bonchev–Trinajstić information content (AvgIpc) is 3.31. The Bertz CT molecular complexity index is 1040. The zero-order valence-corrected chi connectivity index (χ0v) is 14.1. The Hall–Kier alpha value is -3.80. The molecule has 0 atom stereocenters. The zero-order chi connectivity index (χ0) is 18.6. The second-order valence-corrected chi connectivity index (χ2v) is 5.76. The first kappa shape index (κ1) is 16.7. The number of furan rings is 1. The lowest BCUT2D eigenvalue weighted by Crippen LogP contribution is -2.27. The fourth-order valence-corrected chi connectivity index (χ4v) is 2.57. The molecule has 2 aromatic carbocycles. The molecular weight excluding hydrogens is 345 g/mol. The summed E-state index contributed by atoms with van der Waals surface area (Å²) in [7, 11) is 0. The van der Waals surface area contributed by atoms with Crippen LogP contribution in [0.15, 0.2) is 93.2 Å². The molecule has 1 aliphatic rings. The van der Waals surface area contributed by atoms with Crippen LogP contribution in [-0.2, 0) is 4.79 Å². The van der Waals surface area contributed by atoms with Crippen molar-refractivity contribution < 1.29 is 13.6 Å². The van der Waals surface area contributed by atoms with Crippen LogP contribution in [0.1, 0.15) is 16.9 Å². The summed E-state index contributed by atoms with van der Waals surface area (Å²) in [6, 6.07) is 18.6. The molecule has 0 spiro atoms. The summed E-state index contributed by atoms with van der Waals surface area (Å²) >= 11 is 0. The van der Waals surface area contributed by atoms with Gasteiger partial charge < -0.3 is 4.42 Å². The van der Waals surface area contributed by atoms with E-state index < -0.39 is 0 Å². The van der Waals surface area contributed by atoms with Crippen molar-refractivity contribution >= 4 is 24.0 Å². The summed E-state index contributed by atoms with van der Waals surface area (Å²) in [4.78, 5) is 17.3. The van der Waals surface area contributed by atoms with Crippen LogP contribution < -0.4 is 0 Å². The molecule has 0 radical (unpaired) electrons. The molecule has 0 saturated carbocycles. The van der Waals surface area contributed by atoms with E-state index in [0.29, 0.717) is 17.2 Å². The summed E-state index contributed by atoms with van der Waals surface area (Å²) in [5.74, 6) is 0.235. The van der Waals surface area contributed by atoms with Gasteiger partial charge in [-0.3, -0.25) is 4.79 Å². The number of nitrogens with zero attached hydrogens (tertiary/aromatic N) is 3. The van der Waals surface area contributed by atoms with E-state index in [1.54, 1.807) is 30.3 Å². The molecule has 2 heterocycles. The molecule has 132 valence electrons. The first-order valence-corrected chi connectivity index (χ1v) is 8.24. The summed E-state index contributed by atoms with van der Waals surface area (Å²) in [5, 5.41) is 5.51. The number of rotatable bonds is 4. The molecule has 27 heavy (non-hydrogen) atoms. The number of aliphatic imine (C=N–C) groups is 1. The number of amides is 1. The Morgan fingerprint density at radius 3 is 2.48 bits per heavy atom. The van der Waals surface area contributed by atoms with Crippen LogP contribution in [0.3, 0.4) is 0 Å². The Morgan fingerprint density at radius 2 is 1.78 bits per heavy atom. The van der Waals surface area contributed by atoms with Gasteiger partial charge in [-0.15, -0.1) is 0 Å². The molecule has 6 heteroatoms. The van der Waals surface area contributed by atoms with Crippen molar-refractivity contribution in [2.75, 3.05) is 0 Å². The van der Waals surface area contributed by atoms with Gasteiger partial charge in [-0.25, -0.2) is 9.38 Å². The molecule has 0 unspecified atom stereocenters. The average molecular weight is 359 g/mol. The van der Waals surface area contributed by atoms with Crippen molar-refractivity contribution in [1.29, 1.82) is 0 Å². The number of hydrogen-bond donors (Lipinski definition) is 0. The number of hydrogen-bond acceptors (Lipinski definition) is 4. The number of amidine groups is 1. The number of carbonyl (C=O) groups is 1. The lowest BCUT2D eigenvalue weighted by molar-refractivity contribution is -0.122. The van der Waals surface area contributed by atoms with Crippen molar-refractivity contribution in [3.63, 3.8) is 0 Å². The fourth-order valence-electron chi connectivity index (χ4n) is 2.57. The number of benzene rings is 2. The monoisotopic (exact) mass is 359 g/mol. The van der Waals surface area contributed by atoms with Crippen molar-refractivity contribution in [3.05, 3.63) is 101 Å². The third-order valence-corrected chi connectivity index (χ3v) is 3.88. The second kappa shape index (κ2) is 7.21. The largest absolute Gasteiger partial charge is 0.465 e. The third-order valence-electron chi connectivity index (χ3n) is 3.88. The lowest BCUT2D eigenvalue weighted by atomic mass is 10.2. The van der Waals surface area contributed by atoms with Gasteiger partial charge in [-0.2, -0.15) is 10.1 Å². The predicted molar refractivity (Wildman–Crippen MR) is 101 cm³/mol. The van der Waals surface area contributed by atoms with Crippen molar-refractivity contribution in [3.8, 4) is 0 Å². The van der Waals surface area contributed by atoms with E-state index in [0.717, 1.165) is 5.56 Å². The van der Waals surface area contributed by atoms with Gasteiger partial charge in [0.25, 0.3) is 5.91 Å². The van der Waals surface area contributed by atoms with Gasteiger partial charge >= 0.3 is 0 Å². The highest BCUT2D eigenvalue weighted by atomic mass is 19.1. The molecule has 0 fully saturated rings. The maximum absolute atomic E-state index is 13.1. The van der Waals surface area contributed by atoms with E-state index in [4.69, 9.17) is 4.42 Å². The van der Waals surface area contributed by atoms with Crippen LogP contribution in [0, 0.1) is 5.82 Å². The third kappa shape index (κ3) is 3.59. The number of halogens is 1. The summed E-state index contributed by atoms with van der Waals surface area (Å²) in [5.41, 5.74) is 1.64. The van der Waals surface area contributed by atoms with E-state index in [1.165, 1.54) is 29.6 Å². The van der Waals surface area contributed by atoms with Crippen molar-refractivity contribution in [2.24, 2.45) is 10.1 Å². The highest BCUT2D eigenvalue weighted by molar-refractivity contribution is 6.19. The molecule has 0 N–H and O–H groups in total. The molecule has 0 aliphatic carbocycles. The highest BCUT2D eigenvalue weighted by Crippen LogP contribution is 2.22. The minimum Gasteiger partial charge on any atom is -0.465 e. The Labute approximate surface area is 154 Å². The van der Waals surface area contributed by atoms with Gasteiger partial charge in [0.15, 0.2) is 5.84 Å². The molecule has 1 amide bonds. The standard InChI is InChI=1S/C21H14FN3O2/c22-17-10-8-15(9-11-17)14-23-25-20(16-5-2-1-3-6-16)24-19(21(25)26)13-18-7-4-12-27-18/h1-14H/b19-13+,23-14-. The van der Waals surface area contributed by atoms with Crippen molar-refractivity contribution in [1.82, 2.24) is 5.01 Å². The fraction of sp³-hybridized carbons (Fsp3) is 0. The Morgan fingerprint density at radius 1 is 1.00 bits per heavy atom. The van der Waals surface area contributed by atoms with Gasteiger partial charge in [0, 0.05) is 11.6 Å². The molecule has 0 bridgehead atoms. The van der Waals surface area contributed by atoms with Crippen LogP contribution >= 0.6 is 0 Å². The van der Waals surface area contributed by atoms with E-state index in [1.807, 2.05) is 30.3 Å². The van der Waals surface area contributed by atoms with Gasteiger partial charge in [0.1, 0.15) is 17.3 Å². The molecule has 3 aromatic rings. The van der Waals surface area contributed by atoms with Crippen molar-refractivity contribution in [2.45, 2.75) is 0 Å². The van der Waals surface area contributed by atoms with Gasteiger partial charge in [0.2, 0.25) is 0 Å². The smallest absolute Gasteiger partial charge is 0.298 e. The molecule has 0 saturated heterocycles. The number of carbonyl (C=O) groups excluding carboxylic acids is 1. The quantitative estimate of drug-likeness (QED) is 0.520. The van der Waals surface area contributed by atoms with Crippen LogP contribution in [0.25, 0.3) is 6.08 Å². The van der Waals surface area contributed by atoms with Crippen LogP contribution in [0.4, 0.5) is 4.39 Å². The maximum atomic E-state index is 13.1. The lowest BCUT2D eigenvalue weighted by Gasteiger charge is -2.11. The van der Waals surface area contributed by atoms with E-state index in [9.17, 15) is 9.18 Å². The topological polar surface area (TPSA) is 58.2 Å². The minimum atomic E-state index is -0.372. The summed E-state index contributed by atoms with van der Waals surface area (Å²) in [6.45, 7) is 0. The van der Waals surface area contributed by atoms with Crippen LogP contribution in [-0.4, -0.2) is 23.0 Å². The normalized spacial score (nSPS) is 15.7. The molecular formula is C21H14FN3O2. The van der Waals surface area contributed by atoms with E-state index in [-0.39, 0.29) is 17.4 Å². The van der Waals surface area contributed by atoms with Crippen LogP contribution in [0.5, 0.6) is 0 Å². The van der Waals surface area contributed by atoms with Gasteiger partial charge in [0.05, 0.1) is 12.5 Å². The van der Waals surface area contributed by atoms with Gasteiger partial charge in [-0.1, -0.05) is 42.5 Å². The van der Waals surface area contributed by atoms with Crippen LogP contribution in [0.2, 0.25) is 0 Å². The van der Waals surface area contributed by atoms with E-state index >= 15 is 0 Å². The molecule has 1 aromatic heterocycles.